The molecule has 2 fully saturated rings. The van der Waals surface area contributed by atoms with Gasteiger partial charge in [-0.05, 0) is 38.6 Å². The van der Waals surface area contributed by atoms with Crippen LogP contribution in [0.5, 0.6) is 0 Å². The molecule has 2 rings (SSSR count). The smallest absolute Gasteiger partial charge is 0.248 e. The molecule has 5 nitrogen and oxygen atoms in total. The van der Waals surface area contributed by atoms with E-state index in [4.69, 9.17) is 9.47 Å². The standard InChI is InChI=1S/C14H26N2O3/c1-18-12-4-2-5-13(10-12)19-11-14(17)16-8-3-6-15-7-9-16/h12-13,15H,2-11H2,1H3. The third kappa shape index (κ3) is 4.75. The molecule has 2 unspecified atom stereocenters. The van der Waals surface area contributed by atoms with Gasteiger partial charge in [0.1, 0.15) is 6.61 Å². The van der Waals surface area contributed by atoms with Crippen molar-refractivity contribution in [3.05, 3.63) is 0 Å². The van der Waals surface area contributed by atoms with Gasteiger partial charge in [-0.2, -0.15) is 0 Å². The zero-order valence-electron chi connectivity index (χ0n) is 11.9. The number of hydrogen-bond acceptors (Lipinski definition) is 4. The van der Waals surface area contributed by atoms with E-state index in [1.54, 1.807) is 7.11 Å². The van der Waals surface area contributed by atoms with Crippen molar-refractivity contribution in [1.82, 2.24) is 10.2 Å². The minimum atomic E-state index is 0.128. The Morgan fingerprint density at radius 3 is 2.89 bits per heavy atom. The molecule has 1 heterocycles. The Bertz CT molecular complexity index is 278. The average molecular weight is 270 g/mol. The van der Waals surface area contributed by atoms with Crippen LogP contribution >= 0.6 is 0 Å². The second kappa shape index (κ2) is 7.82. The van der Waals surface area contributed by atoms with Crippen LogP contribution in [-0.4, -0.2) is 62.9 Å². The maximum atomic E-state index is 12.1. The zero-order valence-corrected chi connectivity index (χ0v) is 11.9. The highest BCUT2D eigenvalue weighted by atomic mass is 16.5. The fraction of sp³-hybridized carbons (Fsp3) is 0.929. The lowest BCUT2D eigenvalue weighted by Gasteiger charge is -2.29. The molecule has 5 heteroatoms. The van der Waals surface area contributed by atoms with Crippen molar-refractivity contribution in [1.29, 1.82) is 0 Å². The first-order valence-electron chi connectivity index (χ1n) is 7.42. The normalized spacial score (nSPS) is 29.0. The monoisotopic (exact) mass is 270 g/mol. The lowest BCUT2D eigenvalue weighted by Crippen LogP contribution is -2.38. The molecule has 19 heavy (non-hydrogen) atoms. The molecule has 2 aliphatic rings. The van der Waals surface area contributed by atoms with Crippen LogP contribution in [0.1, 0.15) is 32.1 Å². The predicted molar refractivity (Wildman–Crippen MR) is 73.1 cm³/mol. The largest absolute Gasteiger partial charge is 0.381 e. The molecule has 2 atom stereocenters. The van der Waals surface area contributed by atoms with Gasteiger partial charge in [0.15, 0.2) is 0 Å². The maximum Gasteiger partial charge on any atom is 0.248 e. The molecule has 1 N–H and O–H groups in total. The van der Waals surface area contributed by atoms with Crippen molar-refractivity contribution >= 4 is 5.91 Å². The molecule has 0 spiro atoms. The van der Waals surface area contributed by atoms with E-state index in [1.807, 2.05) is 4.90 Å². The van der Waals surface area contributed by atoms with Gasteiger partial charge < -0.3 is 19.7 Å². The molecule has 0 bridgehead atoms. The van der Waals surface area contributed by atoms with Gasteiger partial charge in [0.25, 0.3) is 0 Å². The highest BCUT2D eigenvalue weighted by molar-refractivity contribution is 5.77. The molecular weight excluding hydrogens is 244 g/mol. The molecule has 1 saturated heterocycles. The van der Waals surface area contributed by atoms with Crippen LogP contribution in [0.4, 0.5) is 0 Å². The van der Waals surface area contributed by atoms with Crippen molar-refractivity contribution in [2.75, 3.05) is 39.9 Å². The SMILES string of the molecule is COC1CCCC(OCC(=O)N2CCCNCC2)C1. The van der Waals surface area contributed by atoms with Gasteiger partial charge in [0.05, 0.1) is 12.2 Å². The van der Waals surface area contributed by atoms with Gasteiger partial charge in [-0.3, -0.25) is 4.79 Å². The predicted octanol–water partition coefficient (Wildman–Crippen LogP) is 0.783. The van der Waals surface area contributed by atoms with E-state index in [1.165, 1.54) is 0 Å². The van der Waals surface area contributed by atoms with E-state index >= 15 is 0 Å². The summed E-state index contributed by atoms with van der Waals surface area (Å²) in [5, 5.41) is 3.30. The Morgan fingerprint density at radius 2 is 2.05 bits per heavy atom. The van der Waals surface area contributed by atoms with Crippen LogP contribution in [0.15, 0.2) is 0 Å². The highest BCUT2D eigenvalue weighted by Crippen LogP contribution is 2.23. The molecular formula is C14H26N2O3. The Hall–Kier alpha value is -0.650. The lowest BCUT2D eigenvalue weighted by atomic mass is 9.95. The number of nitrogens with one attached hydrogen (secondary N) is 1. The molecule has 0 radical (unpaired) electrons. The number of methoxy groups -OCH3 is 1. The van der Waals surface area contributed by atoms with Gasteiger partial charge in [-0.15, -0.1) is 0 Å². The summed E-state index contributed by atoms with van der Waals surface area (Å²) in [6, 6.07) is 0. The molecule has 110 valence electrons. The van der Waals surface area contributed by atoms with Gasteiger partial charge in [-0.25, -0.2) is 0 Å². The first-order chi connectivity index (χ1) is 9.29. The van der Waals surface area contributed by atoms with Crippen molar-refractivity contribution in [2.45, 2.75) is 44.3 Å². The van der Waals surface area contributed by atoms with Crippen LogP contribution in [0, 0.1) is 0 Å². The number of amides is 1. The lowest BCUT2D eigenvalue weighted by molar-refractivity contribution is -0.139. The topological polar surface area (TPSA) is 50.8 Å². The van der Waals surface area contributed by atoms with Crippen LogP contribution < -0.4 is 5.32 Å². The van der Waals surface area contributed by atoms with E-state index < -0.39 is 0 Å². The summed E-state index contributed by atoms with van der Waals surface area (Å²) in [5.74, 6) is 0.128. The summed E-state index contributed by atoms with van der Waals surface area (Å²) < 4.78 is 11.2. The van der Waals surface area contributed by atoms with Gasteiger partial charge in [0.2, 0.25) is 5.91 Å². The van der Waals surface area contributed by atoms with Crippen molar-refractivity contribution in [3.63, 3.8) is 0 Å². The van der Waals surface area contributed by atoms with Crippen LogP contribution in [0.25, 0.3) is 0 Å². The first kappa shape index (κ1) is 14.8. The number of carbonyl (C=O) groups is 1. The first-order valence-corrected chi connectivity index (χ1v) is 7.42. The minimum Gasteiger partial charge on any atom is -0.381 e. The summed E-state index contributed by atoms with van der Waals surface area (Å²) in [6.45, 7) is 3.76. The third-order valence-corrected chi connectivity index (χ3v) is 4.05. The third-order valence-electron chi connectivity index (χ3n) is 4.05. The number of ether oxygens (including phenoxy) is 2. The van der Waals surface area contributed by atoms with E-state index in [0.29, 0.717) is 6.10 Å². The van der Waals surface area contributed by atoms with Gasteiger partial charge >= 0.3 is 0 Å². The Balaban J connectivity index is 1.70. The number of rotatable bonds is 4. The molecule has 1 aliphatic carbocycles. The molecule has 1 saturated carbocycles. The van der Waals surface area contributed by atoms with Gasteiger partial charge in [0, 0.05) is 26.7 Å². The Kier molecular flexibility index (Phi) is 6.07. The maximum absolute atomic E-state index is 12.1. The summed E-state index contributed by atoms with van der Waals surface area (Å²) in [6.07, 6.45) is 5.73. The molecule has 1 amide bonds. The van der Waals surface area contributed by atoms with Crippen LogP contribution in [0.3, 0.4) is 0 Å². The van der Waals surface area contributed by atoms with Gasteiger partial charge in [-0.1, -0.05) is 0 Å². The van der Waals surface area contributed by atoms with Crippen LogP contribution in [-0.2, 0) is 14.3 Å². The van der Waals surface area contributed by atoms with Crippen molar-refractivity contribution in [3.8, 4) is 0 Å². The summed E-state index contributed by atoms with van der Waals surface area (Å²) in [5.41, 5.74) is 0. The van der Waals surface area contributed by atoms with E-state index in [-0.39, 0.29) is 18.6 Å². The number of carbonyl (C=O) groups excluding carboxylic acids is 1. The fourth-order valence-corrected chi connectivity index (χ4v) is 2.84. The average Bonchev–Trinajstić information content (AvgIpc) is 2.74. The fourth-order valence-electron chi connectivity index (χ4n) is 2.84. The highest BCUT2D eigenvalue weighted by Gasteiger charge is 2.24. The number of hydrogen-bond donors (Lipinski definition) is 1. The summed E-state index contributed by atoms with van der Waals surface area (Å²) >= 11 is 0. The van der Waals surface area contributed by atoms with Crippen molar-refractivity contribution in [2.24, 2.45) is 0 Å². The molecule has 0 aromatic heterocycles. The second-order valence-corrected chi connectivity index (χ2v) is 5.44. The van der Waals surface area contributed by atoms with E-state index in [9.17, 15) is 4.79 Å². The zero-order chi connectivity index (χ0) is 13.5. The summed E-state index contributed by atoms with van der Waals surface area (Å²) in [4.78, 5) is 14.0. The number of nitrogens with zero attached hydrogens (tertiary/aromatic N) is 1. The molecule has 0 aromatic rings. The molecule has 1 aliphatic heterocycles. The second-order valence-electron chi connectivity index (χ2n) is 5.44. The summed E-state index contributed by atoms with van der Waals surface area (Å²) in [7, 11) is 1.75. The quantitative estimate of drug-likeness (QED) is 0.820. The molecule has 0 aromatic carbocycles. The van der Waals surface area contributed by atoms with Crippen molar-refractivity contribution < 1.29 is 14.3 Å². The van der Waals surface area contributed by atoms with Crippen LogP contribution in [0.2, 0.25) is 0 Å². The van der Waals surface area contributed by atoms with E-state index in [2.05, 4.69) is 5.32 Å². The Morgan fingerprint density at radius 1 is 1.21 bits per heavy atom. The minimum absolute atomic E-state index is 0.128. The van der Waals surface area contributed by atoms with E-state index in [0.717, 1.165) is 58.3 Å². The Labute approximate surface area is 115 Å².